The van der Waals surface area contributed by atoms with Gasteiger partial charge in [-0.2, -0.15) is 0 Å². The molecule has 0 radical (unpaired) electrons. The Morgan fingerprint density at radius 3 is 2.26 bits per heavy atom. The van der Waals surface area contributed by atoms with Gasteiger partial charge in [0, 0.05) is 15.1 Å². The van der Waals surface area contributed by atoms with Crippen LogP contribution in [0.5, 0.6) is 0 Å². The van der Waals surface area contributed by atoms with E-state index in [9.17, 15) is 9.59 Å². The summed E-state index contributed by atoms with van der Waals surface area (Å²) in [6, 6.07) is 13.3. The molecule has 0 aliphatic heterocycles. The van der Waals surface area contributed by atoms with Crippen molar-refractivity contribution in [2.75, 3.05) is 0 Å². The van der Waals surface area contributed by atoms with E-state index in [1.807, 2.05) is 0 Å². The second-order valence-electron chi connectivity index (χ2n) is 4.35. The number of thiocarbonyl (C=S) groups is 1. The van der Waals surface area contributed by atoms with Crippen LogP contribution in [0.3, 0.4) is 0 Å². The summed E-state index contributed by atoms with van der Waals surface area (Å²) in [5, 5.41) is 2.98. The molecule has 23 heavy (non-hydrogen) atoms. The van der Waals surface area contributed by atoms with Crippen LogP contribution in [0.15, 0.2) is 53.0 Å². The van der Waals surface area contributed by atoms with Gasteiger partial charge in [-0.1, -0.05) is 23.7 Å². The highest BCUT2D eigenvalue weighted by Crippen LogP contribution is 2.15. The Morgan fingerprint density at radius 1 is 0.957 bits per heavy atom. The second kappa shape index (κ2) is 8.05. The molecule has 0 unspecified atom stereocenters. The Kier molecular flexibility index (Phi) is 6.09. The van der Waals surface area contributed by atoms with Crippen molar-refractivity contribution in [3.05, 3.63) is 69.2 Å². The third kappa shape index (κ3) is 5.02. The lowest BCUT2D eigenvalue weighted by Gasteiger charge is -2.11. The van der Waals surface area contributed by atoms with Gasteiger partial charge in [0.15, 0.2) is 5.11 Å². The van der Waals surface area contributed by atoms with Crippen molar-refractivity contribution >= 4 is 56.7 Å². The first-order valence-electron chi connectivity index (χ1n) is 6.39. The van der Waals surface area contributed by atoms with Crippen LogP contribution in [0.2, 0.25) is 5.02 Å². The van der Waals surface area contributed by atoms with Crippen LogP contribution >= 0.6 is 39.7 Å². The zero-order valence-corrected chi connectivity index (χ0v) is 14.8. The maximum atomic E-state index is 12.0. The first-order valence-corrected chi connectivity index (χ1v) is 7.97. The van der Waals surface area contributed by atoms with Crippen LogP contribution in [0.25, 0.3) is 0 Å². The number of nitrogens with one attached hydrogen (secondary N) is 3. The minimum atomic E-state index is -0.404. The molecular weight excluding hydrogens is 402 g/mol. The molecule has 0 fully saturated rings. The second-order valence-corrected chi connectivity index (χ2v) is 6.05. The first kappa shape index (κ1) is 17.4. The van der Waals surface area contributed by atoms with E-state index in [1.54, 1.807) is 48.5 Å². The third-order valence-electron chi connectivity index (χ3n) is 2.74. The average molecular weight is 413 g/mol. The minimum absolute atomic E-state index is 0.0203. The van der Waals surface area contributed by atoms with Crippen LogP contribution in [0.4, 0.5) is 0 Å². The predicted molar refractivity (Wildman–Crippen MR) is 96.3 cm³/mol. The highest BCUT2D eigenvalue weighted by molar-refractivity contribution is 9.10. The fourth-order valence-electron chi connectivity index (χ4n) is 1.63. The van der Waals surface area contributed by atoms with Gasteiger partial charge >= 0.3 is 0 Å². The number of hydrazine groups is 1. The van der Waals surface area contributed by atoms with E-state index >= 15 is 0 Å². The van der Waals surface area contributed by atoms with Crippen LogP contribution in [0, 0.1) is 0 Å². The first-order chi connectivity index (χ1) is 11.0. The molecule has 0 saturated carbocycles. The summed E-state index contributed by atoms with van der Waals surface area (Å²) in [7, 11) is 0. The molecule has 2 amide bonds. The Balaban J connectivity index is 1.88. The van der Waals surface area contributed by atoms with Crippen LogP contribution in [-0.2, 0) is 0 Å². The Hall–Kier alpha value is -1.96. The van der Waals surface area contributed by atoms with Crippen molar-refractivity contribution in [3.63, 3.8) is 0 Å². The molecule has 0 spiro atoms. The molecular formula is C15H11BrClN3O2S. The molecule has 3 N–H and O–H groups in total. The Bertz CT molecular complexity index is 753. The van der Waals surface area contributed by atoms with Gasteiger partial charge in [-0.15, -0.1) is 0 Å². The summed E-state index contributed by atoms with van der Waals surface area (Å²) in [6.45, 7) is 0. The fourth-order valence-corrected chi connectivity index (χ4v) is 2.37. The molecule has 2 aromatic rings. The van der Waals surface area contributed by atoms with Crippen molar-refractivity contribution in [1.82, 2.24) is 16.2 Å². The number of carbonyl (C=O) groups excluding carboxylic acids is 2. The average Bonchev–Trinajstić information content (AvgIpc) is 2.53. The van der Waals surface area contributed by atoms with Crippen molar-refractivity contribution < 1.29 is 9.59 Å². The van der Waals surface area contributed by atoms with Gasteiger partial charge in [0.1, 0.15) is 0 Å². The van der Waals surface area contributed by atoms with E-state index < -0.39 is 11.8 Å². The number of amides is 2. The number of hydrogen-bond acceptors (Lipinski definition) is 3. The number of hydrogen-bond donors (Lipinski definition) is 3. The highest BCUT2D eigenvalue weighted by Gasteiger charge is 2.11. The van der Waals surface area contributed by atoms with Gasteiger partial charge in [0.05, 0.1) is 5.56 Å². The molecule has 5 nitrogen and oxygen atoms in total. The molecule has 0 aliphatic rings. The standard InChI is InChI=1S/C15H11BrClN3O2S/c16-12-4-2-1-3-11(12)14(22)18-15(23)20-19-13(21)9-5-7-10(17)8-6-9/h1-8H,(H,19,21)(H2,18,20,22,23). The molecule has 8 heteroatoms. The van der Waals surface area contributed by atoms with Gasteiger partial charge in [-0.05, 0) is 64.5 Å². The van der Waals surface area contributed by atoms with Crippen LogP contribution < -0.4 is 16.2 Å². The quantitative estimate of drug-likeness (QED) is 0.524. The van der Waals surface area contributed by atoms with Crippen molar-refractivity contribution in [2.24, 2.45) is 0 Å². The normalized spacial score (nSPS) is 9.83. The summed E-state index contributed by atoms with van der Waals surface area (Å²) in [5.41, 5.74) is 5.69. The van der Waals surface area contributed by atoms with Crippen molar-refractivity contribution in [3.8, 4) is 0 Å². The minimum Gasteiger partial charge on any atom is -0.298 e. The van der Waals surface area contributed by atoms with E-state index in [-0.39, 0.29) is 5.11 Å². The van der Waals surface area contributed by atoms with E-state index in [0.29, 0.717) is 20.6 Å². The van der Waals surface area contributed by atoms with Crippen molar-refractivity contribution in [1.29, 1.82) is 0 Å². The fraction of sp³-hybridized carbons (Fsp3) is 0. The number of carbonyl (C=O) groups is 2. The lowest BCUT2D eigenvalue weighted by atomic mass is 10.2. The maximum absolute atomic E-state index is 12.0. The summed E-state index contributed by atoms with van der Waals surface area (Å²) in [4.78, 5) is 23.9. The summed E-state index contributed by atoms with van der Waals surface area (Å²) in [5.74, 6) is -0.796. The SMILES string of the molecule is O=C(NNC(=S)NC(=O)c1ccccc1Br)c1ccc(Cl)cc1. The molecule has 0 aliphatic carbocycles. The summed E-state index contributed by atoms with van der Waals surface area (Å²) in [6.07, 6.45) is 0. The Labute approximate surface area is 151 Å². The van der Waals surface area contributed by atoms with E-state index in [1.165, 1.54) is 0 Å². The van der Waals surface area contributed by atoms with E-state index in [2.05, 4.69) is 32.1 Å². The van der Waals surface area contributed by atoms with Crippen LogP contribution in [-0.4, -0.2) is 16.9 Å². The molecule has 0 atom stereocenters. The topological polar surface area (TPSA) is 70.2 Å². The van der Waals surface area contributed by atoms with Crippen molar-refractivity contribution in [2.45, 2.75) is 0 Å². The lowest BCUT2D eigenvalue weighted by Crippen LogP contribution is -2.48. The monoisotopic (exact) mass is 411 g/mol. The Morgan fingerprint density at radius 2 is 1.61 bits per heavy atom. The smallest absolute Gasteiger partial charge is 0.269 e. The third-order valence-corrected chi connectivity index (χ3v) is 3.89. The van der Waals surface area contributed by atoms with Gasteiger partial charge in [0.25, 0.3) is 11.8 Å². The highest BCUT2D eigenvalue weighted by atomic mass is 79.9. The maximum Gasteiger partial charge on any atom is 0.269 e. The molecule has 0 aromatic heterocycles. The van der Waals surface area contributed by atoms with E-state index in [4.69, 9.17) is 23.8 Å². The van der Waals surface area contributed by atoms with Gasteiger partial charge in [0.2, 0.25) is 0 Å². The predicted octanol–water partition coefficient (Wildman–Crippen LogP) is 3.05. The van der Waals surface area contributed by atoms with Gasteiger partial charge < -0.3 is 0 Å². The van der Waals surface area contributed by atoms with Crippen LogP contribution in [0.1, 0.15) is 20.7 Å². The molecule has 2 rings (SSSR count). The lowest BCUT2D eigenvalue weighted by molar-refractivity contribution is 0.0934. The number of halogens is 2. The summed E-state index contributed by atoms with van der Waals surface area (Å²) < 4.78 is 0.644. The van der Waals surface area contributed by atoms with Gasteiger partial charge in [-0.25, -0.2) is 0 Å². The van der Waals surface area contributed by atoms with Gasteiger partial charge in [-0.3, -0.25) is 25.8 Å². The molecule has 0 bridgehead atoms. The molecule has 0 saturated heterocycles. The zero-order chi connectivity index (χ0) is 16.8. The number of rotatable bonds is 2. The largest absolute Gasteiger partial charge is 0.298 e. The molecule has 118 valence electrons. The molecule has 2 aromatic carbocycles. The van der Waals surface area contributed by atoms with E-state index in [0.717, 1.165) is 0 Å². The molecule has 0 heterocycles. The zero-order valence-electron chi connectivity index (χ0n) is 11.6. The summed E-state index contributed by atoms with van der Waals surface area (Å²) >= 11 is 14.0. The number of benzene rings is 2.